The minimum atomic E-state index is -0.476. The lowest BCUT2D eigenvalue weighted by molar-refractivity contribution is -0.147. The lowest BCUT2D eigenvalue weighted by Gasteiger charge is -2.08. The van der Waals surface area contributed by atoms with Crippen LogP contribution in [0.2, 0.25) is 5.02 Å². The van der Waals surface area contributed by atoms with Crippen LogP contribution < -0.4 is 10.1 Å². The Morgan fingerprint density at radius 1 is 1.12 bits per heavy atom. The van der Waals surface area contributed by atoms with Crippen molar-refractivity contribution in [2.75, 3.05) is 13.7 Å². The van der Waals surface area contributed by atoms with Crippen LogP contribution in [0.4, 0.5) is 0 Å². The summed E-state index contributed by atoms with van der Waals surface area (Å²) in [6.45, 7) is -0.0425. The maximum absolute atomic E-state index is 11.8. The molecule has 1 N–H and O–H groups in total. The number of carbonyl (C=O) groups excluding carboxylic acids is 2. The smallest absolute Gasteiger partial charge is 0.310 e. The van der Waals surface area contributed by atoms with Crippen molar-refractivity contribution < 1.29 is 19.1 Å². The van der Waals surface area contributed by atoms with Gasteiger partial charge in [-0.25, -0.2) is 0 Å². The molecule has 24 heavy (non-hydrogen) atoms. The first-order valence-electron chi connectivity index (χ1n) is 7.37. The van der Waals surface area contributed by atoms with Gasteiger partial charge < -0.3 is 14.8 Å². The Labute approximate surface area is 145 Å². The minimum Gasteiger partial charge on any atom is -0.497 e. The quantitative estimate of drug-likeness (QED) is 0.782. The molecule has 0 spiro atoms. The molecule has 0 saturated heterocycles. The van der Waals surface area contributed by atoms with E-state index in [2.05, 4.69) is 5.32 Å². The standard InChI is InChI=1S/C18H18ClNO4/c1-23-15-7-4-5-13(9-15)10-18(22)24-12-17(21)20-11-14-6-2-3-8-16(14)19/h2-9H,10-12H2,1H3,(H,20,21). The fraction of sp³-hybridized carbons (Fsp3) is 0.222. The van der Waals surface area contributed by atoms with Gasteiger partial charge in [0.1, 0.15) is 5.75 Å². The first-order valence-corrected chi connectivity index (χ1v) is 7.75. The van der Waals surface area contributed by atoms with Crippen molar-refractivity contribution in [3.05, 3.63) is 64.7 Å². The second kappa shape index (κ2) is 8.93. The Kier molecular flexibility index (Phi) is 6.63. The van der Waals surface area contributed by atoms with Gasteiger partial charge in [-0.05, 0) is 29.3 Å². The number of benzene rings is 2. The maximum Gasteiger partial charge on any atom is 0.310 e. The summed E-state index contributed by atoms with van der Waals surface area (Å²) in [5, 5.41) is 3.23. The molecule has 0 heterocycles. The molecule has 2 rings (SSSR count). The molecule has 0 saturated carbocycles. The lowest BCUT2D eigenvalue weighted by atomic mass is 10.1. The summed E-state index contributed by atoms with van der Waals surface area (Å²) in [5.74, 6) is -0.192. The van der Waals surface area contributed by atoms with E-state index in [-0.39, 0.29) is 25.5 Å². The van der Waals surface area contributed by atoms with Crippen LogP contribution in [0.5, 0.6) is 5.75 Å². The summed E-state index contributed by atoms with van der Waals surface area (Å²) in [5.41, 5.74) is 1.56. The average Bonchev–Trinajstić information content (AvgIpc) is 2.59. The first kappa shape index (κ1) is 17.8. The third kappa shape index (κ3) is 5.59. The Bertz CT molecular complexity index is 718. The zero-order chi connectivity index (χ0) is 17.4. The van der Waals surface area contributed by atoms with E-state index in [0.717, 1.165) is 11.1 Å². The van der Waals surface area contributed by atoms with Crippen LogP contribution in [0, 0.1) is 0 Å². The summed E-state index contributed by atoms with van der Waals surface area (Å²) in [4.78, 5) is 23.5. The number of halogens is 1. The van der Waals surface area contributed by atoms with Crippen LogP contribution in [-0.4, -0.2) is 25.6 Å². The van der Waals surface area contributed by atoms with Gasteiger partial charge in [-0.2, -0.15) is 0 Å². The molecule has 0 aromatic heterocycles. The molecule has 0 aliphatic rings. The molecular formula is C18H18ClNO4. The summed E-state index contributed by atoms with van der Waals surface area (Å²) in [7, 11) is 1.56. The molecule has 0 fully saturated rings. The van der Waals surface area contributed by atoms with E-state index in [4.69, 9.17) is 21.1 Å². The van der Waals surface area contributed by atoms with Crippen LogP contribution in [0.3, 0.4) is 0 Å². The number of carbonyl (C=O) groups is 2. The highest BCUT2D eigenvalue weighted by atomic mass is 35.5. The molecule has 1 amide bonds. The van der Waals surface area contributed by atoms with Gasteiger partial charge in [-0.3, -0.25) is 9.59 Å². The molecule has 126 valence electrons. The molecule has 0 bridgehead atoms. The van der Waals surface area contributed by atoms with E-state index in [1.165, 1.54) is 0 Å². The molecule has 5 nitrogen and oxygen atoms in total. The molecule has 0 aliphatic carbocycles. The highest BCUT2D eigenvalue weighted by molar-refractivity contribution is 6.31. The maximum atomic E-state index is 11.8. The number of amides is 1. The predicted molar refractivity (Wildman–Crippen MR) is 91.0 cm³/mol. The molecule has 0 unspecified atom stereocenters. The number of hydrogen-bond acceptors (Lipinski definition) is 4. The number of methoxy groups -OCH3 is 1. The summed E-state index contributed by atoms with van der Waals surface area (Å²) < 4.78 is 10.1. The van der Waals surface area contributed by atoms with Gasteiger partial charge in [0, 0.05) is 11.6 Å². The molecule has 0 radical (unpaired) electrons. The normalized spacial score (nSPS) is 10.1. The van der Waals surface area contributed by atoms with Crippen molar-refractivity contribution >= 4 is 23.5 Å². The van der Waals surface area contributed by atoms with Gasteiger partial charge in [0.15, 0.2) is 6.61 Å². The van der Waals surface area contributed by atoms with Crippen LogP contribution in [0.1, 0.15) is 11.1 Å². The third-order valence-corrected chi connectivity index (χ3v) is 3.65. The summed E-state index contributed by atoms with van der Waals surface area (Å²) in [6, 6.07) is 14.3. The monoisotopic (exact) mass is 347 g/mol. The average molecular weight is 348 g/mol. The predicted octanol–water partition coefficient (Wildman–Crippen LogP) is 2.75. The van der Waals surface area contributed by atoms with Crippen LogP contribution in [0.25, 0.3) is 0 Å². The van der Waals surface area contributed by atoms with Crippen molar-refractivity contribution in [3.8, 4) is 5.75 Å². The second-order valence-corrected chi connectivity index (χ2v) is 5.46. The zero-order valence-corrected chi connectivity index (χ0v) is 14.0. The first-order chi connectivity index (χ1) is 11.6. The van der Waals surface area contributed by atoms with Crippen molar-refractivity contribution in [1.82, 2.24) is 5.32 Å². The minimum absolute atomic E-state index is 0.0784. The van der Waals surface area contributed by atoms with Gasteiger partial charge in [-0.1, -0.05) is 41.9 Å². The van der Waals surface area contributed by atoms with E-state index in [1.807, 2.05) is 18.2 Å². The van der Waals surface area contributed by atoms with E-state index >= 15 is 0 Å². The Hall–Kier alpha value is -2.53. The Morgan fingerprint density at radius 2 is 1.92 bits per heavy atom. The number of rotatable bonds is 7. The molecular weight excluding hydrogens is 330 g/mol. The van der Waals surface area contributed by atoms with Gasteiger partial charge in [0.2, 0.25) is 0 Å². The summed E-state index contributed by atoms with van der Waals surface area (Å²) in [6.07, 6.45) is 0.0784. The van der Waals surface area contributed by atoms with Crippen molar-refractivity contribution in [2.24, 2.45) is 0 Å². The van der Waals surface area contributed by atoms with E-state index in [1.54, 1.807) is 37.4 Å². The third-order valence-electron chi connectivity index (χ3n) is 3.28. The fourth-order valence-corrected chi connectivity index (χ4v) is 2.24. The highest BCUT2D eigenvalue weighted by Gasteiger charge is 2.09. The van der Waals surface area contributed by atoms with Crippen LogP contribution in [-0.2, 0) is 27.3 Å². The van der Waals surface area contributed by atoms with E-state index in [0.29, 0.717) is 10.8 Å². The Morgan fingerprint density at radius 3 is 2.67 bits per heavy atom. The topological polar surface area (TPSA) is 64.6 Å². The summed E-state index contributed by atoms with van der Waals surface area (Å²) >= 11 is 6.00. The lowest BCUT2D eigenvalue weighted by Crippen LogP contribution is -2.28. The van der Waals surface area contributed by atoms with Gasteiger partial charge >= 0.3 is 5.97 Å². The number of esters is 1. The number of nitrogens with one attached hydrogen (secondary N) is 1. The van der Waals surface area contributed by atoms with Gasteiger partial charge in [0.05, 0.1) is 13.5 Å². The SMILES string of the molecule is COc1cccc(CC(=O)OCC(=O)NCc2ccccc2Cl)c1. The van der Waals surface area contributed by atoms with E-state index in [9.17, 15) is 9.59 Å². The van der Waals surface area contributed by atoms with E-state index < -0.39 is 5.97 Å². The van der Waals surface area contributed by atoms with Gasteiger partial charge in [-0.15, -0.1) is 0 Å². The number of hydrogen-bond donors (Lipinski definition) is 1. The van der Waals surface area contributed by atoms with Crippen LogP contribution >= 0.6 is 11.6 Å². The molecule has 2 aromatic rings. The number of ether oxygens (including phenoxy) is 2. The van der Waals surface area contributed by atoms with Gasteiger partial charge in [0.25, 0.3) is 5.91 Å². The largest absolute Gasteiger partial charge is 0.497 e. The fourth-order valence-electron chi connectivity index (χ4n) is 2.03. The molecule has 2 aromatic carbocycles. The molecule has 6 heteroatoms. The second-order valence-electron chi connectivity index (χ2n) is 5.06. The Balaban J connectivity index is 1.75. The molecule has 0 aliphatic heterocycles. The highest BCUT2D eigenvalue weighted by Crippen LogP contribution is 2.14. The van der Waals surface area contributed by atoms with Crippen LogP contribution in [0.15, 0.2) is 48.5 Å². The molecule has 0 atom stereocenters. The zero-order valence-electron chi connectivity index (χ0n) is 13.3. The van der Waals surface area contributed by atoms with Crippen molar-refractivity contribution in [2.45, 2.75) is 13.0 Å². The van der Waals surface area contributed by atoms with Crippen molar-refractivity contribution in [1.29, 1.82) is 0 Å². The van der Waals surface area contributed by atoms with Crippen molar-refractivity contribution in [3.63, 3.8) is 0 Å².